The fourth-order valence-corrected chi connectivity index (χ4v) is 4.98. The van der Waals surface area contributed by atoms with Crippen LogP contribution in [0.15, 0.2) is 51.9 Å². The van der Waals surface area contributed by atoms with Gasteiger partial charge in [-0.15, -0.1) is 0 Å². The molecule has 154 valence electrons. The molecule has 9 heteroatoms. The number of halogens is 1. The standard InChI is InChI=1S/C20H22FN3O4S/c21-14-6-7-18-19(22-28-20(18)11-14)5-2-9-24-10-8-15(13-24)23-29(26,27)17-4-1-3-16(25)12-17/h1,3-4,6-7,11-12,15,23,25H,2,5,8-10,13H2. The molecule has 7 nitrogen and oxygen atoms in total. The molecule has 1 unspecified atom stereocenters. The van der Waals surface area contributed by atoms with Gasteiger partial charge in [-0.1, -0.05) is 11.2 Å². The van der Waals surface area contributed by atoms with Crippen LogP contribution in [0.2, 0.25) is 0 Å². The Morgan fingerprint density at radius 1 is 1.28 bits per heavy atom. The SMILES string of the molecule is O=S(=O)(NC1CCN(CCCc2noc3cc(F)ccc23)C1)c1cccc(O)c1. The van der Waals surface area contributed by atoms with E-state index in [-0.39, 0.29) is 22.5 Å². The zero-order valence-electron chi connectivity index (χ0n) is 15.7. The molecule has 29 heavy (non-hydrogen) atoms. The molecule has 1 aliphatic rings. The van der Waals surface area contributed by atoms with Gasteiger partial charge in [0, 0.05) is 24.0 Å². The highest BCUT2D eigenvalue weighted by molar-refractivity contribution is 7.89. The Morgan fingerprint density at radius 3 is 2.97 bits per heavy atom. The van der Waals surface area contributed by atoms with Crippen molar-refractivity contribution >= 4 is 21.0 Å². The van der Waals surface area contributed by atoms with Gasteiger partial charge in [-0.05, 0) is 62.7 Å². The summed E-state index contributed by atoms with van der Waals surface area (Å²) < 4.78 is 46.1. The van der Waals surface area contributed by atoms with Crippen molar-refractivity contribution in [3.8, 4) is 5.75 Å². The van der Waals surface area contributed by atoms with E-state index in [4.69, 9.17) is 4.52 Å². The number of rotatable bonds is 7. The van der Waals surface area contributed by atoms with Gasteiger partial charge in [0.05, 0.1) is 10.6 Å². The summed E-state index contributed by atoms with van der Waals surface area (Å²) >= 11 is 0. The molecular weight excluding hydrogens is 397 g/mol. The number of hydrogen-bond donors (Lipinski definition) is 2. The predicted molar refractivity (Wildman–Crippen MR) is 106 cm³/mol. The third-order valence-electron chi connectivity index (χ3n) is 5.12. The van der Waals surface area contributed by atoms with E-state index in [1.165, 1.54) is 36.4 Å². The Balaban J connectivity index is 1.29. The van der Waals surface area contributed by atoms with Crippen LogP contribution in [-0.2, 0) is 16.4 Å². The zero-order valence-corrected chi connectivity index (χ0v) is 16.5. The summed E-state index contributed by atoms with van der Waals surface area (Å²) in [6, 6.07) is 9.88. The second kappa shape index (κ2) is 8.10. The minimum atomic E-state index is -3.66. The van der Waals surface area contributed by atoms with Crippen LogP contribution in [0, 0.1) is 5.82 Å². The molecule has 2 heterocycles. The van der Waals surface area contributed by atoms with Crippen molar-refractivity contribution in [2.75, 3.05) is 19.6 Å². The first-order valence-corrected chi connectivity index (χ1v) is 11.0. The van der Waals surface area contributed by atoms with Gasteiger partial charge in [-0.25, -0.2) is 17.5 Å². The van der Waals surface area contributed by atoms with Gasteiger partial charge in [0.15, 0.2) is 5.58 Å². The summed E-state index contributed by atoms with van der Waals surface area (Å²) in [6.07, 6.45) is 2.27. The molecule has 1 aliphatic heterocycles. The Bertz CT molecular complexity index is 1120. The van der Waals surface area contributed by atoms with E-state index in [9.17, 15) is 17.9 Å². The van der Waals surface area contributed by atoms with E-state index in [0.29, 0.717) is 18.5 Å². The van der Waals surface area contributed by atoms with Gasteiger partial charge in [0.1, 0.15) is 11.6 Å². The molecule has 0 aliphatic carbocycles. The van der Waals surface area contributed by atoms with Gasteiger partial charge in [-0.3, -0.25) is 0 Å². The normalized spacial score (nSPS) is 17.9. The van der Waals surface area contributed by atoms with E-state index < -0.39 is 10.0 Å². The molecule has 1 saturated heterocycles. The van der Waals surface area contributed by atoms with E-state index in [0.717, 1.165) is 37.0 Å². The highest BCUT2D eigenvalue weighted by atomic mass is 32.2. The first kappa shape index (κ1) is 19.8. The number of hydrogen-bond acceptors (Lipinski definition) is 6. The lowest BCUT2D eigenvalue weighted by atomic mass is 10.1. The molecule has 0 saturated carbocycles. The van der Waals surface area contributed by atoms with Crippen molar-refractivity contribution in [2.24, 2.45) is 0 Å². The zero-order chi connectivity index (χ0) is 20.4. The molecule has 0 bridgehead atoms. The summed E-state index contributed by atoms with van der Waals surface area (Å²) in [7, 11) is -3.66. The average Bonchev–Trinajstić information content (AvgIpc) is 3.28. The van der Waals surface area contributed by atoms with Crippen molar-refractivity contribution in [1.82, 2.24) is 14.8 Å². The number of phenolic OH excluding ortho intramolecular Hbond substituents is 1. The fourth-order valence-electron chi connectivity index (χ4n) is 3.68. The number of aromatic nitrogens is 1. The molecule has 0 radical (unpaired) electrons. The van der Waals surface area contributed by atoms with E-state index in [2.05, 4.69) is 14.8 Å². The predicted octanol–water partition coefficient (Wildman–Crippen LogP) is 2.66. The number of nitrogens with zero attached hydrogens (tertiary/aromatic N) is 2. The molecule has 2 N–H and O–H groups in total. The Hall–Kier alpha value is -2.49. The molecule has 0 spiro atoms. The Morgan fingerprint density at radius 2 is 2.14 bits per heavy atom. The highest BCUT2D eigenvalue weighted by Crippen LogP contribution is 2.21. The van der Waals surface area contributed by atoms with Gasteiger partial charge in [0.2, 0.25) is 10.0 Å². The molecule has 2 aromatic carbocycles. The van der Waals surface area contributed by atoms with E-state index in [1.54, 1.807) is 6.07 Å². The van der Waals surface area contributed by atoms with Crippen molar-refractivity contribution in [3.05, 3.63) is 54.0 Å². The van der Waals surface area contributed by atoms with Crippen molar-refractivity contribution in [2.45, 2.75) is 30.2 Å². The minimum Gasteiger partial charge on any atom is -0.508 e. The lowest BCUT2D eigenvalue weighted by Crippen LogP contribution is -2.37. The van der Waals surface area contributed by atoms with Crippen LogP contribution in [0.1, 0.15) is 18.5 Å². The monoisotopic (exact) mass is 419 g/mol. The summed E-state index contributed by atoms with van der Waals surface area (Å²) in [4.78, 5) is 2.27. The van der Waals surface area contributed by atoms with Crippen LogP contribution >= 0.6 is 0 Å². The number of nitrogens with one attached hydrogen (secondary N) is 1. The Kier molecular flexibility index (Phi) is 5.53. The average molecular weight is 419 g/mol. The van der Waals surface area contributed by atoms with Gasteiger partial charge >= 0.3 is 0 Å². The van der Waals surface area contributed by atoms with Gasteiger partial charge in [0.25, 0.3) is 0 Å². The first-order valence-electron chi connectivity index (χ1n) is 9.48. The third-order valence-corrected chi connectivity index (χ3v) is 6.64. The van der Waals surface area contributed by atoms with Crippen LogP contribution in [0.3, 0.4) is 0 Å². The van der Waals surface area contributed by atoms with Crippen LogP contribution in [0.25, 0.3) is 11.0 Å². The summed E-state index contributed by atoms with van der Waals surface area (Å²) in [6.45, 7) is 2.24. The first-order chi connectivity index (χ1) is 13.9. The van der Waals surface area contributed by atoms with Crippen LogP contribution in [-0.4, -0.2) is 49.3 Å². The number of sulfonamides is 1. The third kappa shape index (κ3) is 4.58. The lowest BCUT2D eigenvalue weighted by molar-refractivity contribution is 0.326. The van der Waals surface area contributed by atoms with Crippen molar-refractivity contribution in [1.29, 1.82) is 0 Å². The molecule has 1 fully saturated rings. The maximum absolute atomic E-state index is 13.2. The number of likely N-dealkylation sites (tertiary alicyclic amines) is 1. The number of aromatic hydroxyl groups is 1. The summed E-state index contributed by atoms with van der Waals surface area (Å²) in [5.74, 6) is -0.430. The molecule has 3 aromatic rings. The van der Waals surface area contributed by atoms with Gasteiger partial charge in [-0.2, -0.15) is 0 Å². The van der Waals surface area contributed by atoms with E-state index in [1.807, 2.05) is 0 Å². The largest absolute Gasteiger partial charge is 0.508 e. The number of benzene rings is 2. The number of aryl methyl sites for hydroxylation is 1. The maximum atomic E-state index is 13.2. The van der Waals surface area contributed by atoms with Crippen LogP contribution in [0.4, 0.5) is 4.39 Å². The molecule has 0 amide bonds. The second-order valence-electron chi connectivity index (χ2n) is 7.28. The topological polar surface area (TPSA) is 95.7 Å². The molecule has 4 rings (SSSR count). The quantitative estimate of drug-likeness (QED) is 0.611. The minimum absolute atomic E-state index is 0.0605. The number of phenols is 1. The van der Waals surface area contributed by atoms with Crippen molar-refractivity contribution in [3.63, 3.8) is 0 Å². The van der Waals surface area contributed by atoms with Crippen LogP contribution in [0.5, 0.6) is 5.75 Å². The fraction of sp³-hybridized carbons (Fsp3) is 0.350. The highest BCUT2D eigenvalue weighted by Gasteiger charge is 2.27. The smallest absolute Gasteiger partial charge is 0.240 e. The molecule has 1 aromatic heterocycles. The summed E-state index contributed by atoms with van der Waals surface area (Å²) in [5, 5.41) is 14.4. The Labute approximate surface area is 168 Å². The van der Waals surface area contributed by atoms with Gasteiger partial charge < -0.3 is 14.5 Å². The van der Waals surface area contributed by atoms with Crippen molar-refractivity contribution < 1.29 is 22.4 Å². The molecular formula is C20H22FN3O4S. The summed E-state index contributed by atoms with van der Waals surface area (Å²) in [5.41, 5.74) is 1.25. The lowest BCUT2D eigenvalue weighted by Gasteiger charge is -2.16. The molecule has 1 atom stereocenters. The maximum Gasteiger partial charge on any atom is 0.240 e. The van der Waals surface area contributed by atoms with E-state index >= 15 is 0 Å². The second-order valence-corrected chi connectivity index (χ2v) is 8.99. The van der Waals surface area contributed by atoms with Crippen LogP contribution < -0.4 is 4.72 Å². The number of fused-ring (bicyclic) bond motifs is 1.